The molecule has 5 rings (SSSR count). The number of aromatic nitrogens is 4. The summed E-state index contributed by atoms with van der Waals surface area (Å²) in [6.07, 6.45) is -4.70. The van der Waals surface area contributed by atoms with E-state index in [9.17, 15) is 31.9 Å². The van der Waals surface area contributed by atoms with Crippen LogP contribution in [0.25, 0.3) is 5.82 Å². The molecule has 15 heteroatoms. The molecule has 46 heavy (non-hydrogen) atoms. The number of alkyl halides is 3. The Morgan fingerprint density at radius 1 is 1.13 bits per heavy atom. The lowest BCUT2D eigenvalue weighted by atomic mass is 9.98. The lowest BCUT2D eigenvalue weighted by molar-refractivity contribution is -0.137. The van der Waals surface area contributed by atoms with Gasteiger partial charge in [0.25, 0.3) is 17.4 Å². The van der Waals surface area contributed by atoms with E-state index in [2.05, 4.69) is 10.4 Å². The number of hydrogen-bond acceptors (Lipinski definition) is 6. The van der Waals surface area contributed by atoms with Gasteiger partial charge >= 0.3 is 6.18 Å². The van der Waals surface area contributed by atoms with E-state index >= 15 is 0 Å². The first-order valence-corrected chi connectivity index (χ1v) is 14.6. The quantitative estimate of drug-likeness (QED) is 0.295. The average molecular weight is 660 g/mol. The number of anilines is 1. The molecule has 0 spiro atoms. The second kappa shape index (κ2) is 12.2. The predicted molar refractivity (Wildman–Crippen MR) is 163 cm³/mol. The van der Waals surface area contributed by atoms with E-state index in [4.69, 9.17) is 16.6 Å². The molecule has 0 fully saturated rings. The summed E-state index contributed by atoms with van der Waals surface area (Å²) in [4.78, 5) is 48.2. The highest BCUT2D eigenvalue weighted by molar-refractivity contribution is 6.31. The van der Waals surface area contributed by atoms with E-state index in [1.54, 1.807) is 38.1 Å². The van der Waals surface area contributed by atoms with E-state index in [1.807, 2.05) is 6.92 Å². The number of amides is 2. The first kappa shape index (κ1) is 32.7. The van der Waals surface area contributed by atoms with Crippen LogP contribution in [0.15, 0.2) is 53.3 Å². The minimum atomic E-state index is -4.76. The van der Waals surface area contributed by atoms with Crippen LogP contribution < -0.4 is 15.8 Å². The van der Waals surface area contributed by atoms with Crippen LogP contribution in [0.1, 0.15) is 63.1 Å². The van der Waals surface area contributed by atoms with Gasteiger partial charge in [-0.3, -0.25) is 19.1 Å². The van der Waals surface area contributed by atoms with E-state index < -0.39 is 52.0 Å². The first-order chi connectivity index (χ1) is 21.6. The minimum absolute atomic E-state index is 0.0598. The zero-order chi connectivity index (χ0) is 33.7. The molecule has 2 amide bonds. The number of halogens is 5. The van der Waals surface area contributed by atoms with Gasteiger partial charge in [0, 0.05) is 44.4 Å². The van der Waals surface area contributed by atoms with Crippen LogP contribution in [0, 0.1) is 5.82 Å². The number of carbonyl (C=O) groups excluding carboxylic acids is 2. The fourth-order valence-corrected chi connectivity index (χ4v) is 5.67. The number of fused-ring (bicyclic) bond motifs is 1. The van der Waals surface area contributed by atoms with Gasteiger partial charge in [0.15, 0.2) is 5.69 Å². The molecular formula is C31H30ClF4N7O3. The van der Waals surface area contributed by atoms with Crippen molar-refractivity contribution in [3.8, 4) is 5.82 Å². The molecular weight excluding hydrogens is 630 g/mol. The lowest BCUT2D eigenvalue weighted by Crippen LogP contribution is -2.46. The maximum atomic E-state index is 14.3. The van der Waals surface area contributed by atoms with Gasteiger partial charge in [0.2, 0.25) is 5.95 Å². The zero-order valence-electron chi connectivity index (χ0n) is 25.5. The molecule has 0 aliphatic carbocycles. The van der Waals surface area contributed by atoms with Crippen molar-refractivity contribution >= 4 is 29.4 Å². The van der Waals surface area contributed by atoms with Gasteiger partial charge in [-0.25, -0.2) is 13.9 Å². The van der Waals surface area contributed by atoms with E-state index in [0.717, 1.165) is 6.07 Å². The van der Waals surface area contributed by atoms with Crippen molar-refractivity contribution in [1.82, 2.24) is 29.5 Å². The molecule has 1 aliphatic rings. The van der Waals surface area contributed by atoms with Gasteiger partial charge < -0.3 is 15.1 Å². The Morgan fingerprint density at radius 2 is 1.80 bits per heavy atom. The molecule has 0 radical (unpaired) electrons. The highest BCUT2D eigenvalue weighted by Crippen LogP contribution is 2.36. The summed E-state index contributed by atoms with van der Waals surface area (Å²) in [6.45, 7) is 3.37. The first-order valence-electron chi connectivity index (χ1n) is 14.2. The molecule has 2 atom stereocenters. The van der Waals surface area contributed by atoms with Gasteiger partial charge in [-0.15, -0.1) is 0 Å². The molecule has 0 unspecified atom stereocenters. The predicted octanol–water partition coefficient (Wildman–Crippen LogP) is 4.92. The minimum Gasteiger partial charge on any atom is -0.354 e. The Kier molecular flexibility index (Phi) is 8.69. The number of carbonyl (C=O) groups is 2. The van der Waals surface area contributed by atoms with Crippen LogP contribution in [0.2, 0.25) is 5.02 Å². The molecule has 10 nitrogen and oxygen atoms in total. The number of aryl methyl sites for hydroxylation is 1. The molecule has 2 aromatic carbocycles. The second-order valence-corrected chi connectivity index (χ2v) is 11.5. The Morgan fingerprint density at radius 3 is 2.43 bits per heavy atom. The fourth-order valence-electron chi connectivity index (χ4n) is 5.45. The normalized spacial score (nSPS) is 15.3. The largest absolute Gasteiger partial charge is 0.417 e. The van der Waals surface area contributed by atoms with Crippen molar-refractivity contribution in [2.45, 2.75) is 45.1 Å². The van der Waals surface area contributed by atoms with Gasteiger partial charge in [-0.2, -0.15) is 18.3 Å². The highest BCUT2D eigenvalue weighted by Gasteiger charge is 2.37. The number of benzene rings is 2. The monoisotopic (exact) mass is 659 g/mol. The third-order valence-corrected chi connectivity index (χ3v) is 8.50. The third kappa shape index (κ3) is 5.96. The van der Waals surface area contributed by atoms with Crippen LogP contribution in [-0.2, 0) is 26.2 Å². The van der Waals surface area contributed by atoms with Crippen molar-refractivity contribution in [3.05, 3.63) is 103 Å². The van der Waals surface area contributed by atoms with Crippen LogP contribution in [0.5, 0.6) is 0 Å². The van der Waals surface area contributed by atoms with Crippen LogP contribution in [0.3, 0.4) is 0 Å². The average Bonchev–Trinajstić information content (AvgIpc) is 3.40. The highest BCUT2D eigenvalue weighted by atomic mass is 35.5. The summed E-state index contributed by atoms with van der Waals surface area (Å²) in [7, 11) is 4.72. The Balaban J connectivity index is 1.63. The van der Waals surface area contributed by atoms with Crippen molar-refractivity contribution in [3.63, 3.8) is 0 Å². The molecule has 4 aromatic rings. The van der Waals surface area contributed by atoms with E-state index in [0.29, 0.717) is 17.2 Å². The smallest absolute Gasteiger partial charge is 0.354 e. The molecule has 242 valence electrons. The molecule has 1 N–H and O–H groups in total. The van der Waals surface area contributed by atoms with E-state index in [-0.39, 0.29) is 41.7 Å². The summed E-state index contributed by atoms with van der Waals surface area (Å²) in [6, 6.07) is 9.25. The Hall–Kier alpha value is -4.72. The maximum Gasteiger partial charge on any atom is 0.417 e. The zero-order valence-corrected chi connectivity index (χ0v) is 26.2. The molecule has 1 aliphatic heterocycles. The topological polar surface area (TPSA) is 105 Å². The van der Waals surface area contributed by atoms with Crippen molar-refractivity contribution in [1.29, 1.82) is 0 Å². The number of nitrogens with one attached hydrogen (secondary N) is 1. The van der Waals surface area contributed by atoms with Gasteiger partial charge in [-0.1, -0.05) is 23.7 Å². The SMILES string of the molecule is CNC(=O)c1cc(-n2c(N(C)[C@@H](C)c3ccc(F)cc3)nc3c(c2=O)C[C@@H](C)N(C(=O)c2ccc(Cl)c(C(F)(F)F)c2)C3)n(C)n1. The van der Waals surface area contributed by atoms with Crippen molar-refractivity contribution in [2.75, 3.05) is 19.0 Å². The number of hydrogen-bond donors (Lipinski definition) is 1. The van der Waals surface area contributed by atoms with Gasteiger partial charge in [0.05, 0.1) is 28.9 Å². The van der Waals surface area contributed by atoms with Crippen molar-refractivity contribution in [2.24, 2.45) is 7.05 Å². The second-order valence-electron chi connectivity index (χ2n) is 11.1. The van der Waals surface area contributed by atoms with Gasteiger partial charge in [-0.05, 0) is 56.2 Å². The number of rotatable bonds is 6. The molecule has 2 aromatic heterocycles. The Labute approximate surface area is 266 Å². The molecule has 3 heterocycles. The summed E-state index contributed by atoms with van der Waals surface area (Å²) >= 11 is 5.77. The van der Waals surface area contributed by atoms with Crippen LogP contribution >= 0.6 is 11.6 Å². The molecule has 0 saturated heterocycles. The summed E-state index contributed by atoms with van der Waals surface area (Å²) in [5.41, 5.74) is -0.452. The summed E-state index contributed by atoms with van der Waals surface area (Å²) < 4.78 is 57.0. The summed E-state index contributed by atoms with van der Waals surface area (Å²) in [5, 5.41) is 6.23. The fraction of sp³-hybridized carbons (Fsp3) is 0.323. The Bertz CT molecular complexity index is 1890. The van der Waals surface area contributed by atoms with Gasteiger partial charge in [0.1, 0.15) is 11.6 Å². The van der Waals surface area contributed by atoms with Crippen LogP contribution in [0.4, 0.5) is 23.5 Å². The maximum absolute atomic E-state index is 14.3. The molecule has 0 bridgehead atoms. The number of nitrogens with zero attached hydrogens (tertiary/aromatic N) is 6. The van der Waals surface area contributed by atoms with Crippen molar-refractivity contribution < 1.29 is 27.2 Å². The van der Waals surface area contributed by atoms with Crippen LogP contribution in [-0.4, -0.2) is 56.2 Å². The summed E-state index contributed by atoms with van der Waals surface area (Å²) in [5.74, 6) is -1.17. The lowest BCUT2D eigenvalue weighted by Gasteiger charge is -2.36. The third-order valence-electron chi connectivity index (χ3n) is 8.17. The van der Waals surface area contributed by atoms with E-state index in [1.165, 1.54) is 45.5 Å². The standard InChI is InChI=1S/C31H30ClF4N7O3/c1-16-12-21-25(15-42(16)28(45)19-8-11-23(32)22(13-19)31(34,35)36)38-30(40(4)17(2)18-6-9-20(33)10-7-18)43(29(21)46)26-14-24(27(44)37-3)39-41(26)5/h6-11,13-14,16-17H,12,15H2,1-5H3,(H,37,44)/t16-,17+/m1/s1. The molecule has 0 saturated carbocycles.